The summed E-state index contributed by atoms with van der Waals surface area (Å²) >= 11 is 1.29. The molecule has 0 aliphatic heterocycles. The van der Waals surface area contributed by atoms with Crippen LogP contribution < -0.4 is 5.32 Å². The smallest absolute Gasteiger partial charge is 0.253 e. The second kappa shape index (κ2) is 8.54. The molecule has 0 saturated carbocycles. The van der Waals surface area contributed by atoms with E-state index in [1.165, 1.54) is 16.7 Å². The van der Waals surface area contributed by atoms with Gasteiger partial charge >= 0.3 is 0 Å². The second-order valence-corrected chi connectivity index (χ2v) is 6.88. The SMILES string of the molecule is CN(C)C(=O)c1ccc(NC(=O)CSc2nncn2Cc2ccco2)cc1. The van der Waals surface area contributed by atoms with Gasteiger partial charge in [0.05, 0.1) is 18.6 Å². The highest BCUT2D eigenvalue weighted by atomic mass is 32.2. The molecule has 27 heavy (non-hydrogen) atoms. The van der Waals surface area contributed by atoms with E-state index in [0.29, 0.717) is 23.0 Å². The molecule has 0 spiro atoms. The molecule has 0 saturated heterocycles. The van der Waals surface area contributed by atoms with Crippen LogP contribution in [0.3, 0.4) is 0 Å². The van der Waals surface area contributed by atoms with Crippen LogP contribution >= 0.6 is 11.8 Å². The first-order chi connectivity index (χ1) is 13.0. The zero-order chi connectivity index (χ0) is 19.2. The van der Waals surface area contributed by atoms with Gasteiger partial charge < -0.3 is 19.2 Å². The van der Waals surface area contributed by atoms with Crippen molar-refractivity contribution in [2.24, 2.45) is 0 Å². The van der Waals surface area contributed by atoms with Gasteiger partial charge in [0, 0.05) is 25.3 Å². The number of nitrogens with zero attached hydrogens (tertiary/aromatic N) is 4. The van der Waals surface area contributed by atoms with E-state index in [2.05, 4.69) is 15.5 Å². The summed E-state index contributed by atoms with van der Waals surface area (Å²) in [6, 6.07) is 10.5. The van der Waals surface area contributed by atoms with E-state index in [4.69, 9.17) is 4.42 Å². The molecular formula is C18H19N5O3S. The lowest BCUT2D eigenvalue weighted by Crippen LogP contribution is -2.21. The molecule has 3 rings (SSSR count). The number of carbonyl (C=O) groups is 2. The van der Waals surface area contributed by atoms with Crippen molar-refractivity contribution in [3.05, 3.63) is 60.3 Å². The molecule has 0 radical (unpaired) electrons. The molecule has 3 aromatic rings. The van der Waals surface area contributed by atoms with Gasteiger partial charge in [-0.3, -0.25) is 9.59 Å². The van der Waals surface area contributed by atoms with Gasteiger partial charge in [0.25, 0.3) is 5.91 Å². The highest BCUT2D eigenvalue weighted by Gasteiger charge is 2.11. The molecule has 0 bridgehead atoms. The summed E-state index contributed by atoms with van der Waals surface area (Å²) in [5.41, 5.74) is 1.20. The van der Waals surface area contributed by atoms with Crippen LogP contribution in [0.2, 0.25) is 0 Å². The molecule has 1 N–H and O–H groups in total. The Morgan fingerprint density at radius 1 is 1.22 bits per heavy atom. The van der Waals surface area contributed by atoms with Crippen LogP contribution in [-0.4, -0.2) is 51.3 Å². The van der Waals surface area contributed by atoms with Gasteiger partial charge in [0.1, 0.15) is 12.1 Å². The van der Waals surface area contributed by atoms with E-state index in [0.717, 1.165) is 5.76 Å². The third-order valence-electron chi connectivity index (χ3n) is 3.64. The van der Waals surface area contributed by atoms with Gasteiger partial charge in [-0.15, -0.1) is 10.2 Å². The second-order valence-electron chi connectivity index (χ2n) is 5.93. The zero-order valence-corrected chi connectivity index (χ0v) is 15.8. The van der Waals surface area contributed by atoms with Crippen LogP contribution in [0.25, 0.3) is 0 Å². The number of carbonyl (C=O) groups excluding carboxylic acids is 2. The molecular weight excluding hydrogens is 366 g/mol. The Hall–Kier alpha value is -3.07. The van der Waals surface area contributed by atoms with Crippen LogP contribution in [-0.2, 0) is 11.3 Å². The van der Waals surface area contributed by atoms with E-state index >= 15 is 0 Å². The summed E-state index contributed by atoms with van der Waals surface area (Å²) in [4.78, 5) is 25.6. The number of hydrogen-bond acceptors (Lipinski definition) is 6. The normalized spacial score (nSPS) is 10.6. The summed E-state index contributed by atoms with van der Waals surface area (Å²) in [7, 11) is 3.39. The van der Waals surface area contributed by atoms with Crippen LogP contribution in [0, 0.1) is 0 Å². The number of anilines is 1. The van der Waals surface area contributed by atoms with E-state index in [9.17, 15) is 9.59 Å². The lowest BCUT2D eigenvalue weighted by Gasteiger charge is -2.11. The van der Waals surface area contributed by atoms with Crippen LogP contribution in [0.15, 0.2) is 58.6 Å². The van der Waals surface area contributed by atoms with Crippen molar-refractivity contribution in [1.82, 2.24) is 19.7 Å². The first kappa shape index (κ1) is 18.7. The van der Waals surface area contributed by atoms with Crippen LogP contribution in [0.4, 0.5) is 5.69 Å². The quantitative estimate of drug-likeness (QED) is 0.628. The fraction of sp³-hybridized carbons (Fsp3) is 0.222. The summed E-state index contributed by atoms with van der Waals surface area (Å²) in [5.74, 6) is 0.724. The molecule has 140 valence electrons. The Morgan fingerprint density at radius 2 is 2.00 bits per heavy atom. The molecule has 0 aliphatic carbocycles. The largest absolute Gasteiger partial charge is 0.467 e. The third kappa shape index (κ3) is 4.98. The summed E-state index contributed by atoms with van der Waals surface area (Å²) in [6.45, 7) is 0.505. The fourth-order valence-corrected chi connectivity index (χ4v) is 3.03. The first-order valence-corrected chi connectivity index (χ1v) is 9.16. The van der Waals surface area contributed by atoms with Crippen molar-refractivity contribution >= 4 is 29.3 Å². The number of furan rings is 1. The summed E-state index contributed by atoms with van der Waals surface area (Å²) < 4.78 is 7.13. The average Bonchev–Trinajstić information content (AvgIpc) is 3.32. The number of benzene rings is 1. The van der Waals surface area contributed by atoms with Gasteiger partial charge in [0.2, 0.25) is 5.91 Å². The summed E-state index contributed by atoms with van der Waals surface area (Å²) in [5, 5.41) is 11.4. The summed E-state index contributed by atoms with van der Waals surface area (Å²) in [6.07, 6.45) is 3.21. The monoisotopic (exact) mass is 385 g/mol. The predicted octanol–water partition coefficient (Wildman–Crippen LogP) is 2.35. The number of amides is 2. The molecule has 0 unspecified atom stereocenters. The third-order valence-corrected chi connectivity index (χ3v) is 4.62. The van der Waals surface area contributed by atoms with Crippen molar-refractivity contribution in [1.29, 1.82) is 0 Å². The minimum atomic E-state index is -0.167. The molecule has 2 aromatic heterocycles. The fourth-order valence-electron chi connectivity index (χ4n) is 2.32. The number of hydrogen-bond donors (Lipinski definition) is 1. The topological polar surface area (TPSA) is 93.3 Å². The van der Waals surface area contributed by atoms with E-state index in [1.807, 2.05) is 16.7 Å². The number of thioether (sulfide) groups is 1. The molecule has 0 atom stereocenters. The molecule has 9 heteroatoms. The Bertz CT molecular complexity index is 903. The molecule has 2 heterocycles. The minimum absolute atomic E-state index is 0.0840. The Labute approximate surface area is 160 Å². The molecule has 2 amide bonds. The lowest BCUT2D eigenvalue weighted by molar-refractivity contribution is -0.113. The van der Waals surface area contributed by atoms with Crippen molar-refractivity contribution in [3.8, 4) is 0 Å². The van der Waals surface area contributed by atoms with E-state index in [-0.39, 0.29) is 17.6 Å². The molecule has 1 aromatic carbocycles. The van der Waals surface area contributed by atoms with Crippen molar-refractivity contribution in [2.75, 3.05) is 25.2 Å². The van der Waals surface area contributed by atoms with Gasteiger partial charge in [0.15, 0.2) is 5.16 Å². The van der Waals surface area contributed by atoms with Gasteiger partial charge in [-0.1, -0.05) is 11.8 Å². The van der Waals surface area contributed by atoms with Crippen molar-refractivity contribution < 1.29 is 14.0 Å². The number of rotatable bonds is 7. The number of aromatic nitrogens is 3. The maximum absolute atomic E-state index is 12.2. The highest BCUT2D eigenvalue weighted by Crippen LogP contribution is 2.17. The number of nitrogens with one attached hydrogen (secondary N) is 1. The Morgan fingerprint density at radius 3 is 2.67 bits per heavy atom. The van der Waals surface area contributed by atoms with Crippen LogP contribution in [0.5, 0.6) is 0 Å². The van der Waals surface area contributed by atoms with Crippen molar-refractivity contribution in [2.45, 2.75) is 11.7 Å². The van der Waals surface area contributed by atoms with E-state index < -0.39 is 0 Å². The maximum atomic E-state index is 12.2. The maximum Gasteiger partial charge on any atom is 0.253 e. The van der Waals surface area contributed by atoms with Gasteiger partial charge in [-0.05, 0) is 36.4 Å². The highest BCUT2D eigenvalue weighted by molar-refractivity contribution is 7.99. The average molecular weight is 385 g/mol. The van der Waals surface area contributed by atoms with Crippen molar-refractivity contribution in [3.63, 3.8) is 0 Å². The predicted molar refractivity (Wildman–Crippen MR) is 102 cm³/mol. The lowest BCUT2D eigenvalue weighted by atomic mass is 10.2. The van der Waals surface area contributed by atoms with E-state index in [1.54, 1.807) is 51.0 Å². The van der Waals surface area contributed by atoms with Gasteiger partial charge in [-0.2, -0.15) is 0 Å². The molecule has 0 aliphatic rings. The minimum Gasteiger partial charge on any atom is -0.467 e. The Kier molecular flexibility index (Phi) is 5.92. The molecule has 8 nitrogen and oxygen atoms in total. The standard InChI is InChI=1S/C18H19N5O3S/c1-22(2)17(25)13-5-7-14(8-6-13)20-16(24)11-27-18-21-19-12-23(18)10-15-4-3-9-26-15/h3-9,12H,10-11H2,1-2H3,(H,20,24). The zero-order valence-electron chi connectivity index (χ0n) is 15.0. The first-order valence-electron chi connectivity index (χ1n) is 8.17. The Balaban J connectivity index is 1.53. The van der Waals surface area contributed by atoms with Crippen LogP contribution in [0.1, 0.15) is 16.1 Å². The van der Waals surface area contributed by atoms with Gasteiger partial charge in [-0.25, -0.2) is 0 Å². The molecule has 0 fully saturated rings.